The van der Waals surface area contributed by atoms with Gasteiger partial charge < -0.3 is 20.1 Å². The molecule has 1 heterocycles. The average molecular weight is 272 g/mol. The zero-order chi connectivity index (χ0) is 13.8. The number of methoxy groups -OCH3 is 1. The highest BCUT2D eigenvalue weighted by Crippen LogP contribution is 1.97. The topological polar surface area (TPSA) is 58.1 Å². The zero-order valence-electron chi connectivity index (χ0n) is 12.3. The molecule has 112 valence electrons. The Labute approximate surface area is 116 Å². The Kier molecular flexibility index (Phi) is 9.40. The van der Waals surface area contributed by atoms with Crippen LogP contribution in [0.4, 0.5) is 0 Å². The summed E-state index contributed by atoms with van der Waals surface area (Å²) in [5.74, 6) is 0.876. The molecular weight excluding hydrogens is 244 g/mol. The molecule has 2 N–H and O–H groups in total. The number of guanidine groups is 1. The van der Waals surface area contributed by atoms with Crippen molar-refractivity contribution in [1.29, 1.82) is 0 Å². The van der Waals surface area contributed by atoms with E-state index in [-0.39, 0.29) is 0 Å². The maximum Gasteiger partial charge on any atom is 0.191 e. The second-order valence-corrected chi connectivity index (χ2v) is 4.49. The molecule has 0 atom stereocenters. The van der Waals surface area contributed by atoms with Crippen molar-refractivity contribution in [1.82, 2.24) is 15.5 Å². The summed E-state index contributed by atoms with van der Waals surface area (Å²) in [6.07, 6.45) is 1.08. The van der Waals surface area contributed by atoms with Gasteiger partial charge in [-0.05, 0) is 13.3 Å². The van der Waals surface area contributed by atoms with Gasteiger partial charge in [0.25, 0.3) is 0 Å². The molecule has 1 aliphatic rings. The number of morpholine rings is 1. The number of nitrogens with zero attached hydrogens (tertiary/aromatic N) is 2. The van der Waals surface area contributed by atoms with Crippen LogP contribution in [0.1, 0.15) is 13.3 Å². The lowest BCUT2D eigenvalue weighted by atomic mass is 10.3. The third-order valence-electron chi connectivity index (χ3n) is 2.95. The number of nitrogens with one attached hydrogen (secondary N) is 2. The first-order chi connectivity index (χ1) is 9.36. The highest BCUT2D eigenvalue weighted by atomic mass is 16.5. The molecule has 6 heteroatoms. The van der Waals surface area contributed by atoms with Crippen molar-refractivity contribution in [2.24, 2.45) is 4.99 Å². The van der Waals surface area contributed by atoms with E-state index in [9.17, 15) is 0 Å². The first-order valence-electron chi connectivity index (χ1n) is 7.18. The van der Waals surface area contributed by atoms with Crippen LogP contribution in [-0.4, -0.2) is 77.1 Å². The van der Waals surface area contributed by atoms with Gasteiger partial charge in [-0.15, -0.1) is 0 Å². The second-order valence-electron chi connectivity index (χ2n) is 4.49. The van der Waals surface area contributed by atoms with Crippen LogP contribution in [0.15, 0.2) is 4.99 Å². The Balaban J connectivity index is 2.14. The summed E-state index contributed by atoms with van der Waals surface area (Å²) in [7, 11) is 1.70. The Hall–Kier alpha value is -0.850. The predicted molar refractivity (Wildman–Crippen MR) is 77.7 cm³/mol. The molecule has 0 radical (unpaired) electrons. The molecule has 0 aromatic rings. The van der Waals surface area contributed by atoms with Crippen molar-refractivity contribution in [2.75, 3.05) is 66.2 Å². The molecular formula is C13H28N4O2. The summed E-state index contributed by atoms with van der Waals surface area (Å²) in [6, 6.07) is 0. The van der Waals surface area contributed by atoms with Gasteiger partial charge in [0.2, 0.25) is 0 Å². The summed E-state index contributed by atoms with van der Waals surface area (Å²) in [6.45, 7) is 10.2. The van der Waals surface area contributed by atoms with Gasteiger partial charge in [0.15, 0.2) is 5.96 Å². The lowest BCUT2D eigenvalue weighted by Crippen LogP contribution is -2.39. The molecule has 0 spiro atoms. The smallest absolute Gasteiger partial charge is 0.191 e. The van der Waals surface area contributed by atoms with Crippen molar-refractivity contribution in [3.05, 3.63) is 0 Å². The van der Waals surface area contributed by atoms with Crippen LogP contribution in [0.25, 0.3) is 0 Å². The van der Waals surface area contributed by atoms with Crippen LogP contribution >= 0.6 is 0 Å². The lowest BCUT2D eigenvalue weighted by molar-refractivity contribution is 0.0377. The van der Waals surface area contributed by atoms with Gasteiger partial charge in [-0.25, -0.2) is 0 Å². The van der Waals surface area contributed by atoms with Crippen molar-refractivity contribution in [3.8, 4) is 0 Å². The predicted octanol–water partition coefficient (Wildman–Crippen LogP) is -0.0898. The normalized spacial score (nSPS) is 17.5. The van der Waals surface area contributed by atoms with Crippen LogP contribution in [0.2, 0.25) is 0 Å². The minimum absolute atomic E-state index is 0.693. The zero-order valence-corrected chi connectivity index (χ0v) is 12.3. The number of ether oxygens (including phenoxy) is 2. The number of aliphatic imine (C=N–C) groups is 1. The van der Waals surface area contributed by atoms with Crippen LogP contribution in [-0.2, 0) is 9.47 Å². The first-order valence-corrected chi connectivity index (χ1v) is 7.18. The molecule has 1 fully saturated rings. The summed E-state index contributed by atoms with van der Waals surface area (Å²) in [5.41, 5.74) is 0. The van der Waals surface area contributed by atoms with Crippen molar-refractivity contribution >= 4 is 5.96 Å². The number of hydrogen-bond acceptors (Lipinski definition) is 4. The molecule has 0 bridgehead atoms. The summed E-state index contributed by atoms with van der Waals surface area (Å²) >= 11 is 0. The van der Waals surface area contributed by atoms with Gasteiger partial charge in [0.1, 0.15) is 0 Å². The molecule has 0 unspecified atom stereocenters. The minimum Gasteiger partial charge on any atom is -0.383 e. The largest absolute Gasteiger partial charge is 0.383 e. The molecule has 1 rings (SSSR count). The Morgan fingerprint density at radius 2 is 2.11 bits per heavy atom. The quantitative estimate of drug-likeness (QED) is 0.367. The van der Waals surface area contributed by atoms with E-state index in [0.29, 0.717) is 6.61 Å². The second kappa shape index (κ2) is 11.0. The highest BCUT2D eigenvalue weighted by Gasteiger charge is 2.08. The van der Waals surface area contributed by atoms with Gasteiger partial charge in [0, 0.05) is 46.4 Å². The van der Waals surface area contributed by atoms with Crippen LogP contribution in [0.3, 0.4) is 0 Å². The summed E-state index contributed by atoms with van der Waals surface area (Å²) < 4.78 is 10.3. The van der Waals surface area contributed by atoms with E-state index < -0.39 is 0 Å². The van der Waals surface area contributed by atoms with Crippen molar-refractivity contribution in [3.63, 3.8) is 0 Å². The SMILES string of the molecule is CCNC(=NCCCN1CCOCC1)NCCOC. The van der Waals surface area contributed by atoms with Gasteiger partial charge in [0.05, 0.1) is 19.8 Å². The van der Waals surface area contributed by atoms with E-state index in [2.05, 4.69) is 27.4 Å². The fourth-order valence-electron chi connectivity index (χ4n) is 1.92. The van der Waals surface area contributed by atoms with Gasteiger partial charge in [-0.1, -0.05) is 0 Å². The molecule has 1 aliphatic heterocycles. The van der Waals surface area contributed by atoms with E-state index >= 15 is 0 Å². The number of rotatable bonds is 8. The lowest BCUT2D eigenvalue weighted by Gasteiger charge is -2.26. The molecule has 19 heavy (non-hydrogen) atoms. The molecule has 0 aromatic heterocycles. The fourth-order valence-corrected chi connectivity index (χ4v) is 1.92. The average Bonchev–Trinajstić information content (AvgIpc) is 2.45. The minimum atomic E-state index is 0.693. The first kappa shape index (κ1) is 16.2. The molecule has 6 nitrogen and oxygen atoms in total. The van der Waals surface area contributed by atoms with Crippen molar-refractivity contribution < 1.29 is 9.47 Å². The third kappa shape index (κ3) is 8.02. The van der Waals surface area contributed by atoms with Crippen molar-refractivity contribution in [2.45, 2.75) is 13.3 Å². The molecule has 1 saturated heterocycles. The highest BCUT2D eigenvalue weighted by molar-refractivity contribution is 5.79. The number of hydrogen-bond donors (Lipinski definition) is 2. The van der Waals surface area contributed by atoms with Gasteiger partial charge in [-0.3, -0.25) is 9.89 Å². The third-order valence-corrected chi connectivity index (χ3v) is 2.95. The summed E-state index contributed by atoms with van der Waals surface area (Å²) in [5, 5.41) is 6.47. The Morgan fingerprint density at radius 1 is 1.32 bits per heavy atom. The van der Waals surface area contributed by atoms with E-state index in [0.717, 1.165) is 64.9 Å². The maximum absolute atomic E-state index is 5.33. The van der Waals surface area contributed by atoms with Crippen LogP contribution in [0.5, 0.6) is 0 Å². The Bertz CT molecular complexity index is 243. The molecule has 0 aliphatic carbocycles. The van der Waals surface area contributed by atoms with E-state index in [1.807, 2.05) is 0 Å². The fraction of sp³-hybridized carbons (Fsp3) is 0.923. The van der Waals surface area contributed by atoms with E-state index in [4.69, 9.17) is 9.47 Å². The van der Waals surface area contributed by atoms with E-state index in [1.54, 1.807) is 7.11 Å². The standard InChI is InChI=1S/C13H28N4O2/c1-3-14-13(16-6-10-18-2)15-5-4-7-17-8-11-19-12-9-17/h3-12H2,1-2H3,(H2,14,15,16). The molecule has 0 aromatic carbocycles. The summed E-state index contributed by atoms with van der Waals surface area (Å²) in [4.78, 5) is 6.99. The van der Waals surface area contributed by atoms with Gasteiger partial charge in [-0.2, -0.15) is 0 Å². The maximum atomic E-state index is 5.33. The van der Waals surface area contributed by atoms with Crippen LogP contribution < -0.4 is 10.6 Å². The van der Waals surface area contributed by atoms with Crippen LogP contribution in [0, 0.1) is 0 Å². The molecule has 0 saturated carbocycles. The Morgan fingerprint density at radius 3 is 2.79 bits per heavy atom. The van der Waals surface area contributed by atoms with Gasteiger partial charge >= 0.3 is 0 Å². The monoisotopic (exact) mass is 272 g/mol. The van der Waals surface area contributed by atoms with E-state index in [1.165, 1.54) is 0 Å². The molecule has 0 amide bonds.